The fourth-order valence-electron chi connectivity index (χ4n) is 2.47. The second-order valence-corrected chi connectivity index (χ2v) is 6.58. The van der Waals surface area contributed by atoms with Crippen LogP contribution in [0.3, 0.4) is 0 Å². The third-order valence-corrected chi connectivity index (χ3v) is 4.69. The standard InChI is InChI=1S/C16H24N2O2S.ClH/c1-2-21-11-12-4-3-5-14(10-12)18-16(19)15(17)13-6-8-20-9-7-13;/h3-5,10,13,15H,2,6-9,11,17H2,1H3,(H,18,19);1H. The number of hydrogen-bond acceptors (Lipinski definition) is 4. The number of halogens is 1. The summed E-state index contributed by atoms with van der Waals surface area (Å²) >= 11 is 1.87. The van der Waals surface area contributed by atoms with Crippen molar-refractivity contribution in [1.29, 1.82) is 0 Å². The van der Waals surface area contributed by atoms with Crippen LogP contribution in [0.5, 0.6) is 0 Å². The zero-order chi connectivity index (χ0) is 15.1. The van der Waals surface area contributed by atoms with Gasteiger partial charge in [-0.2, -0.15) is 11.8 Å². The van der Waals surface area contributed by atoms with Gasteiger partial charge < -0.3 is 15.8 Å². The summed E-state index contributed by atoms with van der Waals surface area (Å²) < 4.78 is 5.31. The molecule has 1 amide bonds. The average Bonchev–Trinajstić information content (AvgIpc) is 2.53. The van der Waals surface area contributed by atoms with E-state index < -0.39 is 6.04 Å². The van der Waals surface area contributed by atoms with Crippen LogP contribution < -0.4 is 11.1 Å². The van der Waals surface area contributed by atoms with E-state index >= 15 is 0 Å². The molecule has 1 aromatic carbocycles. The molecule has 1 aliphatic heterocycles. The van der Waals surface area contributed by atoms with Crippen LogP contribution >= 0.6 is 24.2 Å². The van der Waals surface area contributed by atoms with Gasteiger partial charge in [0.1, 0.15) is 0 Å². The number of nitrogens with two attached hydrogens (primary N) is 1. The van der Waals surface area contributed by atoms with Crippen LogP contribution in [-0.4, -0.2) is 30.9 Å². The molecule has 3 N–H and O–H groups in total. The maximum absolute atomic E-state index is 12.3. The molecule has 0 saturated carbocycles. The lowest BCUT2D eigenvalue weighted by atomic mass is 9.92. The molecular formula is C16H25ClN2O2S. The summed E-state index contributed by atoms with van der Waals surface area (Å²) in [6.07, 6.45) is 1.73. The lowest BCUT2D eigenvalue weighted by Crippen LogP contribution is -2.44. The van der Waals surface area contributed by atoms with Crippen molar-refractivity contribution in [1.82, 2.24) is 0 Å². The van der Waals surface area contributed by atoms with E-state index in [0.29, 0.717) is 13.2 Å². The van der Waals surface area contributed by atoms with E-state index in [1.807, 2.05) is 30.0 Å². The minimum atomic E-state index is -0.456. The van der Waals surface area contributed by atoms with E-state index in [9.17, 15) is 4.79 Å². The molecule has 0 aromatic heterocycles. The average molecular weight is 345 g/mol. The van der Waals surface area contributed by atoms with Gasteiger partial charge in [0.2, 0.25) is 5.91 Å². The van der Waals surface area contributed by atoms with Crippen LogP contribution in [0.25, 0.3) is 0 Å². The predicted octanol–water partition coefficient (Wildman–Crippen LogP) is 3.05. The van der Waals surface area contributed by atoms with Gasteiger partial charge >= 0.3 is 0 Å². The van der Waals surface area contributed by atoms with Crippen molar-refractivity contribution < 1.29 is 9.53 Å². The SMILES string of the molecule is CCSCc1cccc(NC(=O)C(N)C2CCOCC2)c1.Cl. The van der Waals surface area contributed by atoms with Crippen LogP contribution in [0.2, 0.25) is 0 Å². The van der Waals surface area contributed by atoms with Gasteiger partial charge in [0.05, 0.1) is 6.04 Å². The quantitative estimate of drug-likeness (QED) is 0.832. The Kier molecular flexibility index (Phi) is 8.86. The maximum Gasteiger partial charge on any atom is 0.241 e. The highest BCUT2D eigenvalue weighted by molar-refractivity contribution is 7.98. The fraction of sp³-hybridized carbons (Fsp3) is 0.562. The summed E-state index contributed by atoms with van der Waals surface area (Å²) in [5.41, 5.74) is 8.14. The summed E-state index contributed by atoms with van der Waals surface area (Å²) in [5, 5.41) is 2.94. The van der Waals surface area contributed by atoms with Crippen LogP contribution in [-0.2, 0) is 15.3 Å². The zero-order valence-electron chi connectivity index (χ0n) is 12.9. The van der Waals surface area contributed by atoms with Gasteiger partial charge in [0.15, 0.2) is 0 Å². The largest absolute Gasteiger partial charge is 0.381 e. The summed E-state index contributed by atoms with van der Waals surface area (Å²) in [5.74, 6) is 2.18. The van der Waals surface area contributed by atoms with Crippen molar-refractivity contribution in [3.63, 3.8) is 0 Å². The zero-order valence-corrected chi connectivity index (χ0v) is 14.6. The Morgan fingerprint density at radius 1 is 1.45 bits per heavy atom. The van der Waals surface area contributed by atoms with Gasteiger partial charge in [0.25, 0.3) is 0 Å². The van der Waals surface area contributed by atoms with Crippen LogP contribution in [0.1, 0.15) is 25.3 Å². The van der Waals surface area contributed by atoms with Gasteiger partial charge in [-0.05, 0) is 42.2 Å². The highest BCUT2D eigenvalue weighted by Gasteiger charge is 2.26. The molecule has 4 nitrogen and oxygen atoms in total. The van der Waals surface area contributed by atoms with Crippen molar-refractivity contribution in [2.45, 2.75) is 31.6 Å². The third kappa shape index (κ3) is 5.80. The molecule has 1 atom stereocenters. The Hall–Kier alpha value is -0.750. The molecule has 6 heteroatoms. The molecule has 1 aromatic rings. The number of amides is 1. The number of ether oxygens (including phenoxy) is 1. The Bertz CT molecular complexity index is 467. The van der Waals surface area contributed by atoms with E-state index in [1.165, 1.54) is 5.56 Å². The molecule has 1 fully saturated rings. The van der Waals surface area contributed by atoms with Gasteiger partial charge in [0, 0.05) is 24.7 Å². The lowest BCUT2D eigenvalue weighted by Gasteiger charge is -2.26. The number of carbonyl (C=O) groups excluding carboxylic acids is 1. The predicted molar refractivity (Wildman–Crippen MR) is 95.7 cm³/mol. The molecule has 22 heavy (non-hydrogen) atoms. The summed E-state index contributed by atoms with van der Waals surface area (Å²) in [6, 6.07) is 7.53. The summed E-state index contributed by atoms with van der Waals surface area (Å²) in [4.78, 5) is 12.3. The second-order valence-electron chi connectivity index (χ2n) is 5.30. The number of rotatable bonds is 6. The van der Waals surface area contributed by atoms with Crippen LogP contribution in [0.4, 0.5) is 5.69 Å². The number of carbonyl (C=O) groups is 1. The van der Waals surface area contributed by atoms with E-state index in [1.54, 1.807) is 0 Å². The van der Waals surface area contributed by atoms with Crippen molar-refractivity contribution in [3.05, 3.63) is 29.8 Å². The minimum Gasteiger partial charge on any atom is -0.381 e. The molecular weight excluding hydrogens is 320 g/mol. The first-order valence-corrected chi connectivity index (χ1v) is 8.67. The molecule has 0 bridgehead atoms. The number of hydrogen-bond donors (Lipinski definition) is 2. The molecule has 1 heterocycles. The van der Waals surface area contributed by atoms with Gasteiger partial charge in [-0.1, -0.05) is 19.1 Å². The first-order chi connectivity index (χ1) is 10.2. The second kappa shape index (κ2) is 10.1. The number of nitrogens with one attached hydrogen (secondary N) is 1. The minimum absolute atomic E-state index is 0. The van der Waals surface area contributed by atoms with Crippen LogP contribution in [0.15, 0.2) is 24.3 Å². The smallest absolute Gasteiger partial charge is 0.241 e. The molecule has 0 aliphatic carbocycles. The third-order valence-electron chi connectivity index (χ3n) is 3.74. The highest BCUT2D eigenvalue weighted by Crippen LogP contribution is 2.20. The van der Waals surface area contributed by atoms with E-state index in [-0.39, 0.29) is 24.2 Å². The Labute approximate surface area is 143 Å². The fourth-order valence-corrected chi connectivity index (χ4v) is 3.09. The van der Waals surface area contributed by atoms with Gasteiger partial charge in [-0.15, -0.1) is 12.4 Å². The van der Waals surface area contributed by atoms with Crippen molar-refractivity contribution in [3.8, 4) is 0 Å². The number of anilines is 1. The Morgan fingerprint density at radius 3 is 2.86 bits per heavy atom. The monoisotopic (exact) mass is 344 g/mol. The molecule has 1 aliphatic rings. The van der Waals surface area contributed by atoms with Crippen molar-refractivity contribution in [2.75, 3.05) is 24.3 Å². The maximum atomic E-state index is 12.3. The Morgan fingerprint density at radius 2 is 2.18 bits per heavy atom. The highest BCUT2D eigenvalue weighted by atomic mass is 35.5. The summed E-state index contributed by atoms with van der Waals surface area (Å²) in [6.45, 7) is 3.55. The molecule has 0 radical (unpaired) electrons. The van der Waals surface area contributed by atoms with Crippen molar-refractivity contribution >= 4 is 35.8 Å². The molecule has 1 unspecified atom stereocenters. The van der Waals surface area contributed by atoms with E-state index in [4.69, 9.17) is 10.5 Å². The first-order valence-electron chi connectivity index (χ1n) is 7.51. The first kappa shape index (κ1) is 19.3. The molecule has 1 saturated heterocycles. The van der Waals surface area contributed by atoms with E-state index in [0.717, 1.165) is 30.0 Å². The molecule has 124 valence electrons. The lowest BCUT2D eigenvalue weighted by molar-refractivity contribution is -0.119. The van der Waals surface area contributed by atoms with Gasteiger partial charge in [-0.3, -0.25) is 4.79 Å². The number of benzene rings is 1. The van der Waals surface area contributed by atoms with Crippen LogP contribution in [0, 0.1) is 5.92 Å². The molecule has 2 rings (SSSR count). The number of thioether (sulfide) groups is 1. The van der Waals surface area contributed by atoms with Gasteiger partial charge in [-0.25, -0.2) is 0 Å². The Balaban J connectivity index is 0.00000242. The van der Waals surface area contributed by atoms with Crippen molar-refractivity contribution in [2.24, 2.45) is 11.7 Å². The molecule has 0 spiro atoms. The van der Waals surface area contributed by atoms with E-state index in [2.05, 4.69) is 18.3 Å². The topological polar surface area (TPSA) is 64.4 Å². The normalized spacial score (nSPS) is 16.6. The summed E-state index contributed by atoms with van der Waals surface area (Å²) in [7, 11) is 0.